The zero-order chi connectivity index (χ0) is 32.7. The number of hydrogen-bond acceptors (Lipinski definition) is 8. The van der Waals surface area contributed by atoms with Gasteiger partial charge in [-0.1, -0.05) is 48.5 Å². The van der Waals surface area contributed by atoms with Gasteiger partial charge in [0.25, 0.3) is 0 Å². The number of Topliss-reactive ketones (excluding diaryl/α,β-unsaturated/α-hetero) is 1. The summed E-state index contributed by atoms with van der Waals surface area (Å²) in [6.07, 6.45) is 1.55. The van der Waals surface area contributed by atoms with E-state index < -0.39 is 18.3 Å². The highest BCUT2D eigenvalue weighted by atomic mass is 16.6. The molecule has 10 heteroatoms. The minimum absolute atomic E-state index is 0.0888. The lowest BCUT2D eigenvalue weighted by molar-refractivity contribution is -0.111. The smallest absolute Gasteiger partial charge is 0.412 e. The van der Waals surface area contributed by atoms with Gasteiger partial charge in [-0.3, -0.25) is 14.9 Å². The van der Waals surface area contributed by atoms with Crippen molar-refractivity contribution in [1.82, 2.24) is 0 Å². The van der Waals surface area contributed by atoms with Crippen molar-refractivity contribution in [3.8, 4) is 11.5 Å². The number of allylic oxidation sites excluding steroid dienone is 1. The van der Waals surface area contributed by atoms with Crippen molar-refractivity contribution in [2.24, 2.45) is 0 Å². The van der Waals surface area contributed by atoms with Crippen molar-refractivity contribution < 1.29 is 33.7 Å². The highest BCUT2D eigenvalue weighted by Crippen LogP contribution is 2.31. The van der Waals surface area contributed by atoms with Gasteiger partial charge in [-0.15, -0.1) is 0 Å². The number of nitrogens with one attached hydrogen (secondary N) is 2. The predicted molar refractivity (Wildman–Crippen MR) is 177 cm³/mol. The first-order valence-electron chi connectivity index (χ1n) is 14.8. The number of anilines is 3. The molecule has 0 heterocycles. The van der Waals surface area contributed by atoms with E-state index >= 15 is 0 Å². The van der Waals surface area contributed by atoms with E-state index in [0.717, 1.165) is 0 Å². The normalized spacial score (nSPS) is 12.1. The highest BCUT2D eigenvalue weighted by Gasteiger charge is 2.29. The fraction of sp³-hybridized carbons (Fsp3) is 0.194. The highest BCUT2D eigenvalue weighted by molar-refractivity contribution is 6.01. The topological polar surface area (TPSA) is 149 Å². The van der Waals surface area contributed by atoms with E-state index in [0.29, 0.717) is 52.5 Å². The first-order valence-corrected chi connectivity index (χ1v) is 14.8. The van der Waals surface area contributed by atoms with Crippen LogP contribution in [0.1, 0.15) is 41.8 Å². The number of amides is 2. The summed E-state index contributed by atoms with van der Waals surface area (Å²) in [5.41, 5.74) is 8.46. The maximum absolute atomic E-state index is 13.3. The monoisotopic (exact) mass is 623 g/mol. The molecule has 2 atom stereocenters. The van der Waals surface area contributed by atoms with Gasteiger partial charge in [-0.25, -0.2) is 4.79 Å². The maximum Gasteiger partial charge on any atom is 0.412 e. The van der Waals surface area contributed by atoms with Gasteiger partial charge in [0.15, 0.2) is 11.9 Å². The van der Waals surface area contributed by atoms with Gasteiger partial charge in [-0.2, -0.15) is 0 Å². The SMILES string of the molecule is CC(=O)c1ccc(NC(=O)O[C@H](c2cccc(OCCO)c2)[C@@H](CC/C=C/C(=O)Nc2ccccc2N)Oc2ccccc2)cc1. The number of benzene rings is 4. The molecule has 238 valence electrons. The summed E-state index contributed by atoms with van der Waals surface area (Å²) in [6, 6.07) is 29.6. The van der Waals surface area contributed by atoms with E-state index in [9.17, 15) is 19.5 Å². The van der Waals surface area contributed by atoms with Crippen LogP contribution in [0.5, 0.6) is 11.5 Å². The number of nitrogens with two attached hydrogens (primary N) is 1. The Labute approximate surface area is 267 Å². The molecular formula is C36H37N3O7. The lowest BCUT2D eigenvalue weighted by Gasteiger charge is -2.28. The zero-order valence-corrected chi connectivity index (χ0v) is 25.4. The van der Waals surface area contributed by atoms with Crippen molar-refractivity contribution >= 4 is 34.8 Å². The molecular weight excluding hydrogens is 586 g/mol. The molecule has 5 N–H and O–H groups in total. The van der Waals surface area contributed by atoms with Crippen LogP contribution in [0.15, 0.2) is 115 Å². The molecule has 0 saturated carbocycles. The van der Waals surface area contributed by atoms with E-state index in [1.165, 1.54) is 13.0 Å². The Kier molecular flexibility index (Phi) is 12.3. The Morgan fingerprint density at radius 2 is 1.59 bits per heavy atom. The van der Waals surface area contributed by atoms with Crippen LogP contribution in [-0.2, 0) is 9.53 Å². The van der Waals surface area contributed by atoms with Crippen LogP contribution >= 0.6 is 0 Å². The number of ketones is 1. The number of rotatable bonds is 15. The lowest BCUT2D eigenvalue weighted by atomic mass is 9.99. The summed E-state index contributed by atoms with van der Waals surface area (Å²) in [6.45, 7) is 1.40. The van der Waals surface area contributed by atoms with Crippen LogP contribution in [0.3, 0.4) is 0 Å². The number of hydrogen-bond donors (Lipinski definition) is 4. The summed E-state index contributed by atoms with van der Waals surface area (Å²) in [5, 5.41) is 14.7. The Bertz CT molecular complexity index is 1620. The molecule has 0 aromatic heterocycles. The second-order valence-electron chi connectivity index (χ2n) is 10.3. The van der Waals surface area contributed by atoms with Gasteiger partial charge in [-0.05, 0) is 92.1 Å². The molecule has 10 nitrogen and oxygen atoms in total. The standard InChI is InChI=1S/C36H37N3O7/c1-25(41)26-18-20-28(21-19-26)38-36(43)46-35(27-10-9-13-30(24-27)44-23-22-40)33(45-29-11-3-2-4-12-29)16-7-8-17-34(42)39-32-15-6-5-14-31(32)37/h2-6,8-15,17-21,24,33,35,40H,7,16,22-23,37H2,1H3,(H,38,43)(H,39,42)/b17-8+/t33-,35-/m1/s1. The molecule has 46 heavy (non-hydrogen) atoms. The molecule has 0 aliphatic carbocycles. The first-order chi connectivity index (χ1) is 22.3. The summed E-state index contributed by atoms with van der Waals surface area (Å²) in [4.78, 5) is 37.5. The molecule has 2 amide bonds. The second-order valence-corrected chi connectivity index (χ2v) is 10.3. The fourth-order valence-electron chi connectivity index (χ4n) is 4.54. The summed E-state index contributed by atoms with van der Waals surface area (Å²) in [7, 11) is 0. The van der Waals surface area contributed by atoms with Gasteiger partial charge in [0.2, 0.25) is 5.91 Å². The van der Waals surface area contributed by atoms with Crippen LogP contribution in [0.2, 0.25) is 0 Å². The molecule has 0 saturated heterocycles. The predicted octanol–water partition coefficient (Wildman–Crippen LogP) is 6.56. The van der Waals surface area contributed by atoms with Gasteiger partial charge < -0.3 is 30.4 Å². The minimum Gasteiger partial charge on any atom is -0.491 e. The van der Waals surface area contributed by atoms with E-state index in [2.05, 4.69) is 10.6 Å². The molecule has 0 radical (unpaired) electrons. The van der Waals surface area contributed by atoms with Crippen LogP contribution in [0.25, 0.3) is 0 Å². The number of nitrogen functional groups attached to an aromatic ring is 1. The lowest BCUT2D eigenvalue weighted by Crippen LogP contribution is -2.31. The Morgan fingerprint density at radius 1 is 0.870 bits per heavy atom. The number of para-hydroxylation sites is 3. The Balaban J connectivity index is 1.57. The first kappa shape index (κ1) is 33.3. The number of carbonyl (C=O) groups excluding carboxylic acids is 3. The number of aliphatic hydroxyl groups excluding tert-OH is 1. The maximum atomic E-state index is 13.3. The number of carbonyl (C=O) groups is 3. The van der Waals surface area contributed by atoms with Crippen LogP contribution in [0, 0.1) is 0 Å². The van der Waals surface area contributed by atoms with E-state index in [1.54, 1.807) is 91.0 Å². The van der Waals surface area contributed by atoms with Crippen molar-refractivity contribution in [2.45, 2.75) is 32.0 Å². The molecule has 0 bridgehead atoms. The average Bonchev–Trinajstić information content (AvgIpc) is 3.06. The third kappa shape index (κ3) is 10.2. The Morgan fingerprint density at radius 3 is 2.30 bits per heavy atom. The van der Waals surface area contributed by atoms with Crippen molar-refractivity contribution in [2.75, 3.05) is 29.6 Å². The van der Waals surface area contributed by atoms with Crippen molar-refractivity contribution in [3.63, 3.8) is 0 Å². The van der Waals surface area contributed by atoms with Gasteiger partial charge in [0.05, 0.1) is 18.0 Å². The zero-order valence-electron chi connectivity index (χ0n) is 25.4. The van der Waals surface area contributed by atoms with Gasteiger partial charge in [0.1, 0.15) is 24.2 Å². The third-order valence-corrected chi connectivity index (χ3v) is 6.79. The molecule has 0 unspecified atom stereocenters. The van der Waals surface area contributed by atoms with Crippen LogP contribution in [0.4, 0.5) is 21.9 Å². The Hall–Kier alpha value is -5.61. The summed E-state index contributed by atoms with van der Waals surface area (Å²) >= 11 is 0. The molecule has 4 rings (SSSR count). The average molecular weight is 624 g/mol. The van der Waals surface area contributed by atoms with Crippen molar-refractivity contribution in [3.05, 3.63) is 126 Å². The van der Waals surface area contributed by atoms with E-state index in [1.807, 2.05) is 18.2 Å². The quantitative estimate of drug-likeness (QED) is 0.0661. The number of ether oxygens (including phenoxy) is 3. The molecule has 0 spiro atoms. The second kappa shape index (κ2) is 17.0. The summed E-state index contributed by atoms with van der Waals surface area (Å²) < 4.78 is 18.0. The third-order valence-electron chi connectivity index (χ3n) is 6.79. The van der Waals surface area contributed by atoms with E-state index in [4.69, 9.17) is 19.9 Å². The molecule has 0 aliphatic heterocycles. The fourth-order valence-corrected chi connectivity index (χ4v) is 4.54. The van der Waals surface area contributed by atoms with Gasteiger partial charge in [0, 0.05) is 11.3 Å². The van der Waals surface area contributed by atoms with Crippen LogP contribution in [-0.4, -0.2) is 42.2 Å². The van der Waals surface area contributed by atoms with Crippen LogP contribution < -0.4 is 25.8 Å². The number of aliphatic hydroxyl groups is 1. The van der Waals surface area contributed by atoms with Crippen molar-refractivity contribution in [1.29, 1.82) is 0 Å². The van der Waals surface area contributed by atoms with E-state index in [-0.39, 0.29) is 24.9 Å². The molecule has 0 fully saturated rings. The summed E-state index contributed by atoms with van der Waals surface area (Å²) in [5.74, 6) is 0.620. The van der Waals surface area contributed by atoms with Gasteiger partial charge >= 0.3 is 6.09 Å². The molecule has 4 aromatic carbocycles. The molecule has 4 aromatic rings. The molecule has 0 aliphatic rings. The largest absolute Gasteiger partial charge is 0.491 e. The minimum atomic E-state index is -0.916.